The van der Waals surface area contributed by atoms with Crippen LogP contribution >= 0.6 is 0 Å². The van der Waals surface area contributed by atoms with Gasteiger partial charge in [-0.25, -0.2) is 12.7 Å². The molecule has 1 fully saturated rings. The van der Waals surface area contributed by atoms with E-state index in [0.717, 1.165) is 15.6 Å². The third-order valence-electron chi connectivity index (χ3n) is 4.20. The molecule has 10 nitrogen and oxygen atoms in total. The zero-order valence-corrected chi connectivity index (χ0v) is 16.2. The van der Waals surface area contributed by atoms with Crippen LogP contribution in [0, 0.1) is 12.8 Å². The van der Waals surface area contributed by atoms with Gasteiger partial charge in [-0.15, -0.1) is 0 Å². The molecule has 11 heteroatoms. The van der Waals surface area contributed by atoms with Crippen molar-refractivity contribution in [3.05, 3.63) is 17.5 Å². The third kappa shape index (κ3) is 5.78. The van der Waals surface area contributed by atoms with E-state index in [1.165, 1.54) is 19.0 Å². The molecule has 26 heavy (non-hydrogen) atoms. The molecule has 0 saturated carbocycles. The number of carbonyl (C=O) groups excluding carboxylic acids is 1. The first-order chi connectivity index (χ1) is 12.0. The fourth-order valence-electron chi connectivity index (χ4n) is 2.74. The summed E-state index contributed by atoms with van der Waals surface area (Å²) in [7, 11) is 1.32. The molecule has 2 rings (SSSR count). The quantitative estimate of drug-likeness (QED) is 0.596. The lowest BCUT2D eigenvalue weighted by Gasteiger charge is -2.18. The fraction of sp³-hybridized carbons (Fsp3) is 0.667. The van der Waals surface area contributed by atoms with Gasteiger partial charge in [-0.3, -0.25) is 14.3 Å². The zero-order valence-electron chi connectivity index (χ0n) is 15.4. The number of β-amino-alcohol motifs (C(OH)–C–C–N with tert-alkyl or cyclic N) is 1. The van der Waals surface area contributed by atoms with Crippen LogP contribution in [0.3, 0.4) is 0 Å². The number of carboxylic acid groups (broad SMARTS) is 1. The molecule has 0 aromatic carbocycles. The SMILES string of the molecule is Cc1nn(C)cc1CC(=O)N1C[C@@H](CS(=O)(=O)N(C)C)[C@@H](O)C1.O=CO. The highest BCUT2D eigenvalue weighted by molar-refractivity contribution is 7.89. The van der Waals surface area contributed by atoms with E-state index in [9.17, 15) is 18.3 Å². The largest absolute Gasteiger partial charge is 0.483 e. The Balaban J connectivity index is 0.00000105. The average Bonchev–Trinajstić information content (AvgIpc) is 3.02. The lowest BCUT2D eigenvalue weighted by molar-refractivity contribution is -0.129. The molecule has 2 atom stereocenters. The maximum Gasteiger partial charge on any atom is 0.290 e. The number of aliphatic hydroxyl groups is 1. The smallest absolute Gasteiger partial charge is 0.290 e. The first-order valence-electron chi connectivity index (χ1n) is 7.94. The van der Waals surface area contributed by atoms with Crippen molar-refractivity contribution in [1.29, 1.82) is 0 Å². The van der Waals surface area contributed by atoms with E-state index in [2.05, 4.69) is 5.10 Å². The maximum absolute atomic E-state index is 12.4. The Hall–Kier alpha value is -1.98. The molecule has 1 aliphatic heterocycles. The molecule has 0 radical (unpaired) electrons. The molecular formula is C15H26N4O6S. The van der Waals surface area contributed by atoms with Crippen LogP contribution in [0.1, 0.15) is 11.3 Å². The van der Waals surface area contributed by atoms with Gasteiger partial charge in [0.05, 0.1) is 24.0 Å². The molecule has 1 amide bonds. The summed E-state index contributed by atoms with van der Waals surface area (Å²) in [6.45, 7) is 2.02. The number of rotatable bonds is 5. The van der Waals surface area contributed by atoms with Crippen LogP contribution in [-0.2, 0) is 33.1 Å². The van der Waals surface area contributed by atoms with E-state index in [4.69, 9.17) is 9.90 Å². The monoisotopic (exact) mass is 390 g/mol. The Labute approximate surface area is 153 Å². The first-order valence-corrected chi connectivity index (χ1v) is 9.55. The molecule has 1 aromatic heterocycles. The summed E-state index contributed by atoms with van der Waals surface area (Å²) in [5, 5.41) is 21.2. The predicted octanol–water partition coefficient (Wildman–Crippen LogP) is -1.32. The molecule has 0 bridgehead atoms. The molecule has 2 N–H and O–H groups in total. The number of nitrogens with zero attached hydrogens (tertiary/aromatic N) is 4. The van der Waals surface area contributed by atoms with E-state index < -0.39 is 22.0 Å². The number of hydrogen-bond acceptors (Lipinski definition) is 6. The topological polar surface area (TPSA) is 133 Å². The van der Waals surface area contributed by atoms with Gasteiger partial charge in [0.15, 0.2) is 0 Å². The molecule has 148 valence electrons. The molecule has 0 spiro atoms. The van der Waals surface area contributed by atoms with Crippen molar-refractivity contribution in [3.8, 4) is 0 Å². The minimum atomic E-state index is -3.40. The molecule has 1 aromatic rings. The summed E-state index contributed by atoms with van der Waals surface area (Å²) >= 11 is 0. The van der Waals surface area contributed by atoms with Crippen molar-refractivity contribution >= 4 is 22.4 Å². The zero-order chi connectivity index (χ0) is 20.1. The van der Waals surface area contributed by atoms with Crippen LogP contribution in [-0.4, -0.2) is 89.0 Å². The maximum atomic E-state index is 12.4. The normalized spacial score (nSPS) is 20.0. The van der Waals surface area contributed by atoms with Gasteiger partial charge in [-0.05, 0) is 6.92 Å². The highest BCUT2D eigenvalue weighted by Gasteiger charge is 2.37. The number of sulfonamides is 1. The van der Waals surface area contributed by atoms with Gasteiger partial charge >= 0.3 is 0 Å². The summed E-state index contributed by atoms with van der Waals surface area (Å²) in [6, 6.07) is 0. The van der Waals surface area contributed by atoms with Crippen molar-refractivity contribution in [1.82, 2.24) is 19.0 Å². The Morgan fingerprint density at radius 3 is 2.46 bits per heavy atom. The van der Waals surface area contributed by atoms with Crippen molar-refractivity contribution in [3.63, 3.8) is 0 Å². The predicted molar refractivity (Wildman–Crippen MR) is 93.9 cm³/mol. The second kappa shape index (κ2) is 9.10. The van der Waals surface area contributed by atoms with Gasteiger partial charge in [0, 0.05) is 51.9 Å². The Kier molecular flexibility index (Phi) is 7.72. The molecule has 1 saturated heterocycles. The van der Waals surface area contributed by atoms with E-state index in [1.54, 1.807) is 17.9 Å². The number of aliphatic hydroxyl groups excluding tert-OH is 1. The van der Waals surface area contributed by atoms with E-state index in [-0.39, 0.29) is 37.6 Å². The number of carbonyl (C=O) groups is 2. The number of aromatic nitrogens is 2. The van der Waals surface area contributed by atoms with Crippen LogP contribution < -0.4 is 0 Å². The van der Waals surface area contributed by atoms with E-state index in [0.29, 0.717) is 0 Å². The standard InChI is InChI=1S/C14H24N4O4S.CH2O2/c1-10-11(6-17(4)15-10)5-14(20)18-7-12(13(19)8-18)9-23(21,22)16(2)3;2-1-3/h6,12-13,19H,5,7-9H2,1-4H3;1H,(H,2,3)/t12-,13-;/m0./s1. The first kappa shape index (κ1) is 22.1. The van der Waals surface area contributed by atoms with Gasteiger partial charge in [0.1, 0.15) is 0 Å². The van der Waals surface area contributed by atoms with Crippen molar-refractivity contribution in [2.75, 3.05) is 32.9 Å². The highest BCUT2D eigenvalue weighted by Crippen LogP contribution is 2.21. The number of hydrogen-bond donors (Lipinski definition) is 2. The number of likely N-dealkylation sites (tertiary alicyclic amines) is 1. The molecule has 0 unspecified atom stereocenters. The number of amides is 1. The second-order valence-corrected chi connectivity index (χ2v) is 8.61. The Bertz CT molecular complexity index is 730. The lowest BCUT2D eigenvalue weighted by Crippen LogP contribution is -2.34. The minimum Gasteiger partial charge on any atom is -0.483 e. The van der Waals surface area contributed by atoms with Gasteiger partial charge in [0.25, 0.3) is 6.47 Å². The van der Waals surface area contributed by atoms with Crippen molar-refractivity contribution in [2.45, 2.75) is 19.4 Å². The summed E-state index contributed by atoms with van der Waals surface area (Å²) < 4.78 is 26.7. The molecular weight excluding hydrogens is 364 g/mol. The Morgan fingerprint density at radius 1 is 1.42 bits per heavy atom. The average molecular weight is 390 g/mol. The summed E-state index contributed by atoms with van der Waals surface area (Å²) in [5.41, 5.74) is 1.64. The van der Waals surface area contributed by atoms with Crippen molar-refractivity contribution in [2.24, 2.45) is 13.0 Å². The molecule has 2 heterocycles. The lowest BCUT2D eigenvalue weighted by atomic mass is 10.1. The third-order valence-corrected chi connectivity index (χ3v) is 6.16. The summed E-state index contributed by atoms with van der Waals surface area (Å²) in [6.07, 6.45) is 1.19. The highest BCUT2D eigenvalue weighted by atomic mass is 32.2. The molecule has 1 aliphatic rings. The molecule has 0 aliphatic carbocycles. The van der Waals surface area contributed by atoms with Crippen LogP contribution in [0.4, 0.5) is 0 Å². The number of aryl methyl sites for hydroxylation is 2. The van der Waals surface area contributed by atoms with Gasteiger partial charge in [-0.1, -0.05) is 0 Å². The second-order valence-electron chi connectivity index (χ2n) is 6.38. The summed E-state index contributed by atoms with van der Waals surface area (Å²) in [4.78, 5) is 22.3. The van der Waals surface area contributed by atoms with Crippen molar-refractivity contribution < 1.29 is 28.2 Å². The van der Waals surface area contributed by atoms with Gasteiger partial charge in [0.2, 0.25) is 15.9 Å². The fourth-order valence-corrected chi connectivity index (χ4v) is 3.90. The van der Waals surface area contributed by atoms with Crippen LogP contribution in [0.5, 0.6) is 0 Å². The Morgan fingerprint density at radius 2 is 2.00 bits per heavy atom. The van der Waals surface area contributed by atoms with Crippen LogP contribution in [0.25, 0.3) is 0 Å². The van der Waals surface area contributed by atoms with Crippen LogP contribution in [0.2, 0.25) is 0 Å². The van der Waals surface area contributed by atoms with E-state index in [1.807, 2.05) is 6.92 Å². The summed E-state index contributed by atoms with van der Waals surface area (Å²) in [5.74, 6) is -0.733. The van der Waals surface area contributed by atoms with E-state index >= 15 is 0 Å². The van der Waals surface area contributed by atoms with Gasteiger partial charge in [-0.2, -0.15) is 5.10 Å². The van der Waals surface area contributed by atoms with Crippen LogP contribution in [0.15, 0.2) is 6.20 Å². The minimum absolute atomic E-state index is 0.120. The van der Waals surface area contributed by atoms with Gasteiger partial charge < -0.3 is 15.1 Å².